The highest BCUT2D eigenvalue weighted by atomic mass is 32.2. The molecule has 0 spiro atoms. The summed E-state index contributed by atoms with van der Waals surface area (Å²) < 4.78 is 31.2. The molecule has 0 N–H and O–H groups in total. The van der Waals surface area contributed by atoms with E-state index in [0.717, 1.165) is 9.65 Å². The molecule has 2 aromatic carbocycles. The molecule has 0 unspecified atom stereocenters. The van der Waals surface area contributed by atoms with E-state index in [1.165, 1.54) is 25.4 Å². The highest BCUT2D eigenvalue weighted by Crippen LogP contribution is 2.23. The molecule has 0 amide bonds. The van der Waals surface area contributed by atoms with Crippen LogP contribution in [0.2, 0.25) is 0 Å². The van der Waals surface area contributed by atoms with Crippen molar-refractivity contribution < 1.29 is 17.9 Å². The van der Waals surface area contributed by atoms with Crippen LogP contribution in [0, 0.1) is 6.92 Å². The molecule has 1 heterocycles. The number of ether oxygens (including phenoxy) is 1. The molecule has 0 bridgehead atoms. The third-order valence-electron chi connectivity index (χ3n) is 3.53. The molecule has 0 aliphatic rings. The lowest BCUT2D eigenvalue weighted by Crippen LogP contribution is -2.14. The minimum Gasteiger partial charge on any atom is -0.465 e. The number of fused-ring (bicyclic) bond motifs is 1. The summed E-state index contributed by atoms with van der Waals surface area (Å²) in [5, 5.41) is 4.39. The summed E-state index contributed by atoms with van der Waals surface area (Å²) >= 11 is 0. The van der Waals surface area contributed by atoms with Crippen LogP contribution in [0.25, 0.3) is 10.9 Å². The Hall–Kier alpha value is -2.67. The number of aryl methyl sites for hydroxylation is 1. The lowest BCUT2D eigenvalue weighted by Gasteiger charge is -2.07. The van der Waals surface area contributed by atoms with Gasteiger partial charge in [-0.1, -0.05) is 23.8 Å². The van der Waals surface area contributed by atoms with Crippen molar-refractivity contribution in [2.45, 2.75) is 11.8 Å². The van der Waals surface area contributed by atoms with Gasteiger partial charge in [-0.15, -0.1) is 0 Å². The zero-order valence-corrected chi connectivity index (χ0v) is 13.4. The van der Waals surface area contributed by atoms with Gasteiger partial charge in [0, 0.05) is 5.39 Å². The Morgan fingerprint density at radius 3 is 2.48 bits per heavy atom. The topological polar surface area (TPSA) is 78.3 Å². The molecule has 3 rings (SSSR count). The zero-order valence-electron chi connectivity index (χ0n) is 12.6. The average Bonchev–Trinajstić information content (AvgIpc) is 2.99. The van der Waals surface area contributed by atoms with Crippen molar-refractivity contribution >= 4 is 26.9 Å². The van der Waals surface area contributed by atoms with E-state index < -0.39 is 16.0 Å². The van der Waals surface area contributed by atoms with Crippen molar-refractivity contribution in [2.75, 3.05) is 7.11 Å². The smallest absolute Gasteiger partial charge is 0.338 e. The van der Waals surface area contributed by atoms with E-state index in [-0.39, 0.29) is 10.5 Å². The summed E-state index contributed by atoms with van der Waals surface area (Å²) in [5.41, 5.74) is 1.56. The van der Waals surface area contributed by atoms with Crippen LogP contribution < -0.4 is 0 Å². The van der Waals surface area contributed by atoms with Gasteiger partial charge in [-0.3, -0.25) is 0 Å². The fourth-order valence-corrected chi connectivity index (χ4v) is 3.59. The van der Waals surface area contributed by atoms with Crippen LogP contribution in [0.15, 0.2) is 53.6 Å². The lowest BCUT2D eigenvalue weighted by molar-refractivity contribution is 0.0603. The molecule has 0 saturated carbocycles. The Morgan fingerprint density at radius 1 is 1.13 bits per heavy atom. The van der Waals surface area contributed by atoms with Gasteiger partial charge < -0.3 is 4.74 Å². The van der Waals surface area contributed by atoms with Gasteiger partial charge in [0.15, 0.2) is 0 Å². The number of esters is 1. The highest BCUT2D eigenvalue weighted by molar-refractivity contribution is 7.90. The Balaban J connectivity index is 2.21. The summed E-state index contributed by atoms with van der Waals surface area (Å²) in [5.74, 6) is -0.539. The fourth-order valence-electron chi connectivity index (χ4n) is 2.32. The molecule has 118 valence electrons. The fraction of sp³-hybridized carbons (Fsp3) is 0.125. The van der Waals surface area contributed by atoms with E-state index in [2.05, 4.69) is 5.10 Å². The van der Waals surface area contributed by atoms with E-state index in [1.807, 2.05) is 6.92 Å². The molecular weight excluding hydrogens is 316 g/mol. The van der Waals surface area contributed by atoms with Crippen molar-refractivity contribution in [2.24, 2.45) is 0 Å². The highest BCUT2D eigenvalue weighted by Gasteiger charge is 2.22. The minimum absolute atomic E-state index is 0.136. The summed E-state index contributed by atoms with van der Waals surface area (Å²) in [4.78, 5) is 11.9. The van der Waals surface area contributed by atoms with Crippen molar-refractivity contribution in [1.29, 1.82) is 0 Å². The van der Waals surface area contributed by atoms with Gasteiger partial charge in [0.1, 0.15) is 0 Å². The predicted molar refractivity (Wildman–Crippen MR) is 84.8 cm³/mol. The molecule has 0 aliphatic heterocycles. The summed E-state index contributed by atoms with van der Waals surface area (Å²) in [6.45, 7) is 1.88. The van der Waals surface area contributed by atoms with Gasteiger partial charge in [0.2, 0.25) is 0 Å². The number of nitrogens with zero attached hydrogens (tertiary/aromatic N) is 2. The Labute approximate surface area is 133 Å². The molecule has 0 atom stereocenters. The molecule has 3 aromatic rings. The Morgan fingerprint density at radius 2 is 1.83 bits per heavy atom. The van der Waals surface area contributed by atoms with Gasteiger partial charge in [-0.05, 0) is 31.2 Å². The number of carbonyl (C=O) groups is 1. The van der Waals surface area contributed by atoms with Crippen molar-refractivity contribution in [3.8, 4) is 0 Å². The second kappa shape index (κ2) is 5.51. The molecule has 0 radical (unpaired) electrons. The third-order valence-corrected chi connectivity index (χ3v) is 5.15. The molecule has 0 fully saturated rings. The van der Waals surface area contributed by atoms with Crippen LogP contribution in [-0.2, 0) is 14.8 Å². The van der Waals surface area contributed by atoms with Crippen LogP contribution in [0.1, 0.15) is 15.9 Å². The van der Waals surface area contributed by atoms with Crippen LogP contribution >= 0.6 is 0 Å². The van der Waals surface area contributed by atoms with Crippen molar-refractivity contribution in [3.05, 3.63) is 59.8 Å². The first kappa shape index (κ1) is 15.2. The second-order valence-corrected chi connectivity index (χ2v) is 6.80. The molecule has 7 heteroatoms. The van der Waals surface area contributed by atoms with Crippen LogP contribution in [0.3, 0.4) is 0 Å². The standard InChI is InChI=1S/C16H14N2O4S/c1-11-6-8-12(9-7-11)23(20,21)18-15-5-3-4-13(16(19)22-2)14(15)10-17-18/h3-10H,1-2H3. The SMILES string of the molecule is COC(=O)c1cccc2c1cnn2S(=O)(=O)c1ccc(C)cc1. The minimum atomic E-state index is -3.83. The molecule has 1 aromatic heterocycles. The van der Waals surface area contributed by atoms with E-state index >= 15 is 0 Å². The Kier molecular flexibility index (Phi) is 3.65. The number of aromatic nitrogens is 2. The Bertz CT molecular complexity index is 989. The van der Waals surface area contributed by atoms with Crippen LogP contribution in [0.4, 0.5) is 0 Å². The second-order valence-electron chi connectivity index (χ2n) is 5.04. The number of benzene rings is 2. The van der Waals surface area contributed by atoms with Crippen molar-refractivity contribution in [1.82, 2.24) is 9.19 Å². The number of hydrogen-bond donors (Lipinski definition) is 0. The molecule has 0 saturated heterocycles. The molecular formula is C16H14N2O4S. The van der Waals surface area contributed by atoms with Gasteiger partial charge in [-0.2, -0.15) is 17.6 Å². The average molecular weight is 330 g/mol. The zero-order chi connectivity index (χ0) is 16.6. The maximum atomic E-state index is 12.8. The van der Waals surface area contributed by atoms with Gasteiger partial charge >= 0.3 is 5.97 Å². The number of carbonyl (C=O) groups excluding carboxylic acids is 1. The van der Waals surface area contributed by atoms with Gasteiger partial charge in [-0.25, -0.2) is 4.79 Å². The molecule has 6 nitrogen and oxygen atoms in total. The number of hydrogen-bond acceptors (Lipinski definition) is 5. The number of rotatable bonds is 3. The van der Waals surface area contributed by atoms with E-state index in [0.29, 0.717) is 10.9 Å². The predicted octanol–water partition coefficient (Wildman–Crippen LogP) is 2.37. The summed E-state index contributed by atoms with van der Waals surface area (Å²) in [7, 11) is -2.56. The maximum Gasteiger partial charge on any atom is 0.338 e. The monoisotopic (exact) mass is 330 g/mol. The normalized spacial score (nSPS) is 11.6. The summed E-state index contributed by atoms with van der Waals surface area (Å²) in [6, 6.07) is 11.3. The van der Waals surface area contributed by atoms with Gasteiger partial charge in [0.25, 0.3) is 10.0 Å². The van der Waals surface area contributed by atoms with Gasteiger partial charge in [0.05, 0.1) is 29.3 Å². The lowest BCUT2D eigenvalue weighted by atomic mass is 10.1. The first-order chi connectivity index (χ1) is 10.9. The van der Waals surface area contributed by atoms with Crippen molar-refractivity contribution in [3.63, 3.8) is 0 Å². The number of methoxy groups -OCH3 is 1. The van der Waals surface area contributed by atoms with E-state index in [9.17, 15) is 13.2 Å². The maximum absolute atomic E-state index is 12.8. The molecule has 23 heavy (non-hydrogen) atoms. The van der Waals surface area contributed by atoms with Crippen LogP contribution in [-0.4, -0.2) is 30.7 Å². The van der Waals surface area contributed by atoms with E-state index in [1.54, 1.807) is 30.3 Å². The quantitative estimate of drug-likeness (QED) is 0.689. The third kappa shape index (κ3) is 2.49. The summed E-state index contributed by atoms with van der Waals surface area (Å²) in [6.07, 6.45) is 1.35. The molecule has 0 aliphatic carbocycles. The first-order valence-corrected chi connectivity index (χ1v) is 8.26. The largest absolute Gasteiger partial charge is 0.465 e. The van der Waals surface area contributed by atoms with E-state index in [4.69, 9.17) is 4.74 Å². The van der Waals surface area contributed by atoms with Crippen LogP contribution in [0.5, 0.6) is 0 Å². The first-order valence-electron chi connectivity index (χ1n) is 6.82.